The highest BCUT2D eigenvalue weighted by Crippen LogP contribution is 2.61. The monoisotopic (exact) mass is 166 g/mol. The lowest BCUT2D eigenvalue weighted by molar-refractivity contribution is 0.202. The van der Waals surface area contributed by atoms with Gasteiger partial charge in [-0.25, -0.2) is 0 Å². The Morgan fingerprint density at radius 3 is 2.08 bits per heavy atom. The maximum absolute atomic E-state index is 2.50. The van der Waals surface area contributed by atoms with Gasteiger partial charge in [-0.2, -0.15) is 0 Å². The number of rotatable bonds is 1. The molecule has 3 atom stereocenters. The lowest BCUT2D eigenvalue weighted by Gasteiger charge is -2.28. The van der Waals surface area contributed by atoms with Gasteiger partial charge in [0.25, 0.3) is 0 Å². The van der Waals surface area contributed by atoms with E-state index in [1.165, 1.54) is 19.3 Å². The molecule has 2 bridgehead atoms. The maximum Gasteiger partial charge on any atom is -0.0295 e. The summed E-state index contributed by atoms with van der Waals surface area (Å²) >= 11 is 0. The fourth-order valence-electron chi connectivity index (χ4n) is 3.84. The van der Waals surface area contributed by atoms with Gasteiger partial charge < -0.3 is 0 Å². The van der Waals surface area contributed by atoms with Gasteiger partial charge in [-0.15, -0.1) is 0 Å². The average Bonchev–Trinajstić information content (AvgIpc) is 2.40. The largest absolute Gasteiger partial charge is 0.0625 e. The minimum atomic E-state index is 0.676. The van der Waals surface area contributed by atoms with E-state index in [1.807, 2.05) is 0 Å². The standard InChI is InChI=1S/C12H22/c1-8(2)10-7-9-5-6-11(10)12(9,3)4/h8-11H,5-7H2,1-4H3. The van der Waals surface area contributed by atoms with E-state index in [4.69, 9.17) is 0 Å². The third kappa shape index (κ3) is 0.963. The molecule has 2 saturated carbocycles. The normalized spacial score (nSPS) is 44.2. The summed E-state index contributed by atoms with van der Waals surface area (Å²) in [6.45, 7) is 9.80. The highest BCUT2D eigenvalue weighted by molar-refractivity contribution is 5.02. The van der Waals surface area contributed by atoms with Crippen LogP contribution in [0.1, 0.15) is 47.0 Å². The summed E-state index contributed by atoms with van der Waals surface area (Å²) in [4.78, 5) is 0. The summed E-state index contributed by atoms with van der Waals surface area (Å²) in [5.41, 5.74) is 0.676. The molecule has 2 aliphatic rings. The van der Waals surface area contributed by atoms with Crippen LogP contribution in [0.25, 0.3) is 0 Å². The van der Waals surface area contributed by atoms with Gasteiger partial charge in [0.15, 0.2) is 0 Å². The summed E-state index contributed by atoms with van der Waals surface area (Å²) in [6.07, 6.45) is 4.55. The third-order valence-electron chi connectivity index (χ3n) is 4.76. The topological polar surface area (TPSA) is 0 Å². The van der Waals surface area contributed by atoms with Gasteiger partial charge in [0.2, 0.25) is 0 Å². The van der Waals surface area contributed by atoms with Crippen molar-refractivity contribution in [2.45, 2.75) is 47.0 Å². The lowest BCUT2D eigenvalue weighted by Crippen LogP contribution is -2.22. The average molecular weight is 166 g/mol. The van der Waals surface area contributed by atoms with Crippen molar-refractivity contribution in [1.29, 1.82) is 0 Å². The summed E-state index contributed by atoms with van der Waals surface area (Å²) in [5, 5.41) is 0. The first-order chi connectivity index (χ1) is 5.53. The Kier molecular flexibility index (Phi) is 1.79. The molecular weight excluding hydrogens is 144 g/mol. The Bertz CT molecular complexity index is 178. The van der Waals surface area contributed by atoms with E-state index >= 15 is 0 Å². The first-order valence-electron chi connectivity index (χ1n) is 5.53. The first-order valence-corrected chi connectivity index (χ1v) is 5.53. The van der Waals surface area contributed by atoms with Gasteiger partial charge in [0.1, 0.15) is 0 Å². The molecule has 0 heterocycles. The molecule has 0 aromatic carbocycles. The minimum Gasteiger partial charge on any atom is -0.0625 e. The fourth-order valence-corrected chi connectivity index (χ4v) is 3.84. The summed E-state index contributed by atoms with van der Waals surface area (Å²) in [6, 6.07) is 0. The molecule has 0 aromatic heterocycles. The highest BCUT2D eigenvalue weighted by atomic mass is 14.6. The zero-order valence-electron chi connectivity index (χ0n) is 8.93. The molecule has 0 aliphatic heterocycles. The molecule has 0 radical (unpaired) electrons. The number of fused-ring (bicyclic) bond motifs is 2. The Morgan fingerprint density at radius 2 is 1.83 bits per heavy atom. The molecule has 0 aromatic rings. The molecule has 3 unspecified atom stereocenters. The van der Waals surface area contributed by atoms with Crippen LogP contribution in [0.3, 0.4) is 0 Å². The predicted molar refractivity (Wildman–Crippen MR) is 52.9 cm³/mol. The van der Waals surface area contributed by atoms with Gasteiger partial charge in [-0.1, -0.05) is 27.7 Å². The van der Waals surface area contributed by atoms with Gasteiger partial charge in [0, 0.05) is 0 Å². The van der Waals surface area contributed by atoms with E-state index < -0.39 is 0 Å². The van der Waals surface area contributed by atoms with E-state index in [2.05, 4.69) is 27.7 Å². The molecule has 0 amide bonds. The van der Waals surface area contributed by atoms with Crippen LogP contribution in [0.5, 0.6) is 0 Å². The van der Waals surface area contributed by atoms with Crippen molar-refractivity contribution >= 4 is 0 Å². The second kappa shape index (κ2) is 2.49. The lowest BCUT2D eigenvalue weighted by atomic mass is 9.77. The number of hydrogen-bond donors (Lipinski definition) is 0. The second-order valence-corrected chi connectivity index (χ2v) is 5.85. The van der Waals surface area contributed by atoms with Gasteiger partial charge in [-0.05, 0) is 48.3 Å². The Labute approximate surface area is 76.7 Å². The SMILES string of the molecule is CC(C)C1CC2CCC1C2(C)C. The zero-order chi connectivity index (χ0) is 8.93. The summed E-state index contributed by atoms with van der Waals surface area (Å²) in [5.74, 6) is 4.05. The Morgan fingerprint density at radius 1 is 1.17 bits per heavy atom. The molecule has 0 N–H and O–H groups in total. The summed E-state index contributed by atoms with van der Waals surface area (Å²) < 4.78 is 0. The molecule has 0 nitrogen and oxygen atoms in total. The quantitative estimate of drug-likeness (QED) is 0.557. The van der Waals surface area contributed by atoms with Crippen molar-refractivity contribution in [3.63, 3.8) is 0 Å². The third-order valence-corrected chi connectivity index (χ3v) is 4.76. The van der Waals surface area contributed by atoms with Crippen molar-refractivity contribution in [3.05, 3.63) is 0 Å². The van der Waals surface area contributed by atoms with Crippen molar-refractivity contribution in [1.82, 2.24) is 0 Å². The molecular formula is C12H22. The van der Waals surface area contributed by atoms with Gasteiger partial charge in [-0.3, -0.25) is 0 Å². The molecule has 0 saturated heterocycles. The zero-order valence-corrected chi connectivity index (χ0v) is 8.93. The van der Waals surface area contributed by atoms with Gasteiger partial charge in [0.05, 0.1) is 0 Å². The van der Waals surface area contributed by atoms with E-state index in [-0.39, 0.29) is 0 Å². The van der Waals surface area contributed by atoms with Crippen LogP contribution in [0, 0.1) is 29.1 Å². The molecule has 12 heavy (non-hydrogen) atoms. The van der Waals surface area contributed by atoms with Crippen LogP contribution >= 0.6 is 0 Å². The van der Waals surface area contributed by atoms with Crippen LogP contribution in [-0.4, -0.2) is 0 Å². The van der Waals surface area contributed by atoms with E-state index in [0.29, 0.717) is 5.41 Å². The maximum atomic E-state index is 2.50. The number of hydrogen-bond acceptors (Lipinski definition) is 0. The van der Waals surface area contributed by atoms with Gasteiger partial charge >= 0.3 is 0 Å². The van der Waals surface area contributed by atoms with Crippen LogP contribution in [-0.2, 0) is 0 Å². The molecule has 70 valence electrons. The summed E-state index contributed by atoms with van der Waals surface area (Å²) in [7, 11) is 0. The second-order valence-electron chi connectivity index (χ2n) is 5.85. The van der Waals surface area contributed by atoms with Crippen molar-refractivity contribution in [2.75, 3.05) is 0 Å². The van der Waals surface area contributed by atoms with E-state index in [0.717, 1.165) is 23.7 Å². The first kappa shape index (κ1) is 8.59. The fraction of sp³-hybridized carbons (Fsp3) is 1.00. The van der Waals surface area contributed by atoms with Crippen molar-refractivity contribution in [2.24, 2.45) is 29.1 Å². The van der Waals surface area contributed by atoms with Crippen LogP contribution < -0.4 is 0 Å². The van der Waals surface area contributed by atoms with Crippen molar-refractivity contribution in [3.8, 4) is 0 Å². The van der Waals surface area contributed by atoms with Crippen LogP contribution in [0.4, 0.5) is 0 Å². The van der Waals surface area contributed by atoms with Crippen LogP contribution in [0.2, 0.25) is 0 Å². The molecule has 2 fully saturated rings. The molecule has 2 rings (SSSR count). The minimum absolute atomic E-state index is 0.676. The van der Waals surface area contributed by atoms with Crippen molar-refractivity contribution < 1.29 is 0 Å². The van der Waals surface area contributed by atoms with Crippen LogP contribution in [0.15, 0.2) is 0 Å². The molecule has 0 heteroatoms. The Balaban J connectivity index is 2.18. The molecule has 0 spiro atoms. The molecule has 2 aliphatic carbocycles. The van der Waals surface area contributed by atoms with E-state index in [1.54, 1.807) is 0 Å². The van der Waals surface area contributed by atoms with E-state index in [9.17, 15) is 0 Å². The smallest absolute Gasteiger partial charge is 0.0295 e. The Hall–Kier alpha value is 0. The predicted octanol–water partition coefficient (Wildman–Crippen LogP) is 3.71. The highest BCUT2D eigenvalue weighted by Gasteiger charge is 2.53.